The Bertz CT molecular complexity index is 72.9. The summed E-state index contributed by atoms with van der Waals surface area (Å²) in [7, 11) is 2.00. The predicted octanol–water partition coefficient (Wildman–Crippen LogP) is -2.38. The van der Waals surface area contributed by atoms with Gasteiger partial charge >= 0.3 is 26.2 Å². The maximum Gasteiger partial charge on any atom is 2.00 e. The Morgan fingerprint density at radius 2 is 1.18 bits per heavy atom. The van der Waals surface area contributed by atoms with Crippen LogP contribution in [0.2, 0.25) is 0 Å². The molecule has 1 aromatic rings. The Balaban J connectivity index is -0.0000000369. The Labute approximate surface area is 93.2 Å². The van der Waals surface area contributed by atoms with Gasteiger partial charge < -0.3 is 22.6 Å². The SMILES string of the molecule is CO.CO.[Cl-].[Zr+2].c1cc[cH-]c1. The first-order valence-electron chi connectivity index (χ1n) is 2.56. The minimum Gasteiger partial charge on any atom is -1.00 e. The maximum absolute atomic E-state index is 7.00. The molecule has 1 aromatic carbocycles. The zero-order chi connectivity index (χ0) is 7.54. The standard InChI is InChI=1S/C5H5.2CH4O.ClH.Zr/c1-2-4-5-3-1;2*1-2;;/h1-5H;2*2H,1H3;1H;/q-1;;;;+2/p-1. The summed E-state index contributed by atoms with van der Waals surface area (Å²) in [6.07, 6.45) is 0. The molecule has 0 unspecified atom stereocenters. The molecule has 0 saturated carbocycles. The summed E-state index contributed by atoms with van der Waals surface area (Å²) in [4.78, 5) is 0. The van der Waals surface area contributed by atoms with Gasteiger partial charge in [0.1, 0.15) is 0 Å². The molecule has 0 heterocycles. The summed E-state index contributed by atoms with van der Waals surface area (Å²) in [6, 6.07) is 10.0. The summed E-state index contributed by atoms with van der Waals surface area (Å²) in [5.41, 5.74) is 0. The average molecular weight is 256 g/mol. The van der Waals surface area contributed by atoms with Gasteiger partial charge in [0.05, 0.1) is 0 Å². The summed E-state index contributed by atoms with van der Waals surface area (Å²) in [6.45, 7) is 0. The van der Waals surface area contributed by atoms with Crippen LogP contribution in [-0.2, 0) is 26.2 Å². The third-order valence-corrected chi connectivity index (χ3v) is 0.556. The third-order valence-electron chi connectivity index (χ3n) is 0.556. The summed E-state index contributed by atoms with van der Waals surface area (Å²) >= 11 is 0. The van der Waals surface area contributed by atoms with Crippen molar-refractivity contribution in [1.82, 2.24) is 0 Å². The Kier molecular flexibility index (Phi) is 64.4. The van der Waals surface area contributed by atoms with Crippen molar-refractivity contribution in [3.63, 3.8) is 0 Å². The second kappa shape index (κ2) is 31.4. The van der Waals surface area contributed by atoms with Crippen LogP contribution in [0, 0.1) is 0 Å². The zero-order valence-electron chi connectivity index (χ0n) is 6.66. The van der Waals surface area contributed by atoms with E-state index in [0.717, 1.165) is 14.2 Å². The van der Waals surface area contributed by atoms with Crippen LogP contribution in [-0.4, -0.2) is 24.4 Å². The van der Waals surface area contributed by atoms with Crippen molar-refractivity contribution in [3.8, 4) is 0 Å². The molecule has 11 heavy (non-hydrogen) atoms. The van der Waals surface area contributed by atoms with E-state index in [-0.39, 0.29) is 38.6 Å². The molecule has 0 spiro atoms. The van der Waals surface area contributed by atoms with Gasteiger partial charge in [0.2, 0.25) is 0 Å². The van der Waals surface area contributed by atoms with Crippen molar-refractivity contribution in [1.29, 1.82) is 0 Å². The molecule has 64 valence electrons. The number of rotatable bonds is 0. The van der Waals surface area contributed by atoms with Crippen LogP contribution in [0.3, 0.4) is 0 Å². The van der Waals surface area contributed by atoms with Crippen LogP contribution in [0.5, 0.6) is 0 Å². The van der Waals surface area contributed by atoms with E-state index in [4.69, 9.17) is 10.2 Å². The minimum atomic E-state index is 0. The van der Waals surface area contributed by atoms with Crippen LogP contribution < -0.4 is 12.4 Å². The molecule has 1 rings (SSSR count). The Hall–Kier alpha value is 0.443. The molecule has 4 heteroatoms. The van der Waals surface area contributed by atoms with E-state index < -0.39 is 0 Å². The molecule has 0 atom stereocenters. The molecule has 0 aromatic heterocycles. The van der Waals surface area contributed by atoms with Crippen LogP contribution in [0.15, 0.2) is 30.3 Å². The van der Waals surface area contributed by atoms with E-state index >= 15 is 0 Å². The van der Waals surface area contributed by atoms with Gasteiger partial charge in [-0.2, -0.15) is 18.2 Å². The van der Waals surface area contributed by atoms with Crippen LogP contribution in [0.1, 0.15) is 0 Å². The number of hydrogen-bond donors (Lipinski definition) is 2. The largest absolute Gasteiger partial charge is 2.00 e. The van der Waals surface area contributed by atoms with Gasteiger partial charge in [0.15, 0.2) is 0 Å². The van der Waals surface area contributed by atoms with Crippen LogP contribution >= 0.6 is 0 Å². The van der Waals surface area contributed by atoms with Crippen molar-refractivity contribution in [2.45, 2.75) is 0 Å². The fourth-order valence-electron chi connectivity index (χ4n) is 0.321. The first kappa shape index (κ1) is 22.5. The van der Waals surface area contributed by atoms with Crippen molar-refractivity contribution in [2.75, 3.05) is 14.2 Å². The van der Waals surface area contributed by atoms with Gasteiger partial charge in [0, 0.05) is 14.2 Å². The Morgan fingerprint density at radius 1 is 0.909 bits per heavy atom. The molecule has 0 aliphatic carbocycles. The maximum atomic E-state index is 7.00. The molecular weight excluding hydrogens is 243 g/mol. The Morgan fingerprint density at radius 3 is 1.27 bits per heavy atom. The number of hydrogen-bond acceptors (Lipinski definition) is 2. The first-order valence-corrected chi connectivity index (χ1v) is 2.56. The summed E-state index contributed by atoms with van der Waals surface area (Å²) in [5.74, 6) is 0. The number of halogens is 1. The molecule has 0 saturated heterocycles. The van der Waals surface area contributed by atoms with Crippen molar-refractivity contribution < 1.29 is 48.8 Å². The second-order valence-corrected chi connectivity index (χ2v) is 0.962. The fourth-order valence-corrected chi connectivity index (χ4v) is 0.321. The van der Waals surface area contributed by atoms with E-state index in [1.807, 2.05) is 30.3 Å². The van der Waals surface area contributed by atoms with Crippen LogP contribution in [0.25, 0.3) is 0 Å². The van der Waals surface area contributed by atoms with Gasteiger partial charge in [-0.1, -0.05) is 0 Å². The van der Waals surface area contributed by atoms with E-state index in [1.165, 1.54) is 0 Å². The van der Waals surface area contributed by atoms with E-state index in [0.29, 0.717) is 0 Å². The number of aliphatic hydroxyl groups is 2. The van der Waals surface area contributed by atoms with E-state index in [9.17, 15) is 0 Å². The molecule has 0 aliphatic heterocycles. The quantitative estimate of drug-likeness (QED) is 0.509. The molecule has 2 N–H and O–H groups in total. The molecule has 0 fully saturated rings. The monoisotopic (exact) mass is 254 g/mol. The van der Waals surface area contributed by atoms with Crippen LogP contribution in [0.4, 0.5) is 0 Å². The molecular formula is C7H13ClO2Zr. The topological polar surface area (TPSA) is 40.5 Å². The molecule has 0 radical (unpaired) electrons. The van der Waals surface area contributed by atoms with E-state index in [2.05, 4.69) is 0 Å². The average Bonchev–Trinajstić information content (AvgIpc) is 2.51. The van der Waals surface area contributed by atoms with Gasteiger partial charge in [0.25, 0.3) is 0 Å². The summed E-state index contributed by atoms with van der Waals surface area (Å²) in [5, 5.41) is 14.0. The predicted molar refractivity (Wildman–Crippen MR) is 38.3 cm³/mol. The van der Waals surface area contributed by atoms with Crippen molar-refractivity contribution in [2.24, 2.45) is 0 Å². The van der Waals surface area contributed by atoms with Gasteiger partial charge in [-0.25, -0.2) is 12.1 Å². The zero-order valence-corrected chi connectivity index (χ0v) is 9.87. The molecule has 2 nitrogen and oxygen atoms in total. The normalized spacial score (nSPS) is 4.73. The smallest absolute Gasteiger partial charge is 1.00 e. The van der Waals surface area contributed by atoms with Gasteiger partial charge in [-0.3, -0.25) is 0 Å². The fraction of sp³-hybridized carbons (Fsp3) is 0.286. The van der Waals surface area contributed by atoms with Crippen molar-refractivity contribution in [3.05, 3.63) is 30.3 Å². The summed E-state index contributed by atoms with van der Waals surface area (Å²) < 4.78 is 0. The molecule has 0 aliphatic rings. The second-order valence-electron chi connectivity index (χ2n) is 0.962. The van der Waals surface area contributed by atoms with E-state index in [1.54, 1.807) is 0 Å². The van der Waals surface area contributed by atoms with Gasteiger partial charge in [-0.15, -0.1) is 0 Å². The number of aliphatic hydroxyl groups excluding tert-OH is 2. The third kappa shape index (κ3) is 25.1. The first-order chi connectivity index (χ1) is 4.50. The van der Waals surface area contributed by atoms with Gasteiger partial charge in [-0.05, 0) is 0 Å². The minimum absolute atomic E-state index is 0. The molecule has 0 bridgehead atoms. The molecule has 0 amide bonds. The van der Waals surface area contributed by atoms with Crippen molar-refractivity contribution >= 4 is 0 Å².